The molecule has 0 amide bonds. The third kappa shape index (κ3) is 3.52. The van der Waals surface area contributed by atoms with E-state index in [1.54, 1.807) is 11.3 Å². The quantitative estimate of drug-likeness (QED) is 0.908. The van der Waals surface area contributed by atoms with Gasteiger partial charge in [-0.2, -0.15) is 4.98 Å². The normalized spacial score (nSPS) is 12.1. The Morgan fingerprint density at radius 3 is 3.00 bits per heavy atom. The molecule has 17 heavy (non-hydrogen) atoms. The molecule has 1 unspecified atom stereocenters. The molecule has 94 valence electrons. The Labute approximate surface area is 111 Å². The summed E-state index contributed by atoms with van der Waals surface area (Å²) in [5.74, 6) is 1.33. The van der Waals surface area contributed by atoms with Gasteiger partial charge in [-0.15, -0.1) is 23.7 Å². The largest absolute Gasteiger partial charge is 0.337 e. The number of thiophene rings is 1. The summed E-state index contributed by atoms with van der Waals surface area (Å²) < 4.78 is 5.23. The molecule has 0 spiro atoms. The topological polar surface area (TPSA) is 51.0 Å². The Hall–Kier alpha value is -0.910. The summed E-state index contributed by atoms with van der Waals surface area (Å²) in [6.45, 7) is 5.11. The van der Waals surface area contributed by atoms with E-state index in [0.717, 1.165) is 17.8 Å². The predicted octanol–water partition coefficient (Wildman–Crippen LogP) is 3.28. The lowest BCUT2D eigenvalue weighted by atomic mass is 10.3. The van der Waals surface area contributed by atoms with Crippen LogP contribution < -0.4 is 5.32 Å². The highest BCUT2D eigenvalue weighted by molar-refractivity contribution is 7.13. The molecule has 2 rings (SSSR count). The first-order valence-corrected chi connectivity index (χ1v) is 6.30. The molecular weight excluding hydrogens is 258 g/mol. The number of hydrogen-bond acceptors (Lipinski definition) is 5. The van der Waals surface area contributed by atoms with Gasteiger partial charge in [-0.1, -0.05) is 18.1 Å². The zero-order valence-electron chi connectivity index (χ0n) is 9.84. The van der Waals surface area contributed by atoms with Gasteiger partial charge in [0, 0.05) is 0 Å². The molecule has 6 heteroatoms. The fraction of sp³-hybridized carbons (Fsp3) is 0.455. The summed E-state index contributed by atoms with van der Waals surface area (Å²) in [6, 6.07) is 4.08. The van der Waals surface area contributed by atoms with Crippen molar-refractivity contribution in [2.45, 2.75) is 26.3 Å². The maximum absolute atomic E-state index is 5.23. The fourth-order valence-electron chi connectivity index (χ4n) is 1.37. The van der Waals surface area contributed by atoms with Crippen LogP contribution in [-0.4, -0.2) is 16.7 Å². The van der Waals surface area contributed by atoms with Crippen LogP contribution in [0.25, 0.3) is 10.7 Å². The van der Waals surface area contributed by atoms with Crippen LogP contribution >= 0.6 is 23.7 Å². The van der Waals surface area contributed by atoms with Crippen molar-refractivity contribution in [2.24, 2.45) is 0 Å². The summed E-state index contributed by atoms with van der Waals surface area (Å²) in [5.41, 5.74) is 0. The fourth-order valence-corrected chi connectivity index (χ4v) is 2.01. The van der Waals surface area contributed by atoms with Crippen molar-refractivity contribution in [1.29, 1.82) is 0 Å². The zero-order chi connectivity index (χ0) is 11.4. The maximum Gasteiger partial charge on any atom is 0.243 e. The van der Waals surface area contributed by atoms with Crippen LogP contribution in [0.15, 0.2) is 22.0 Å². The van der Waals surface area contributed by atoms with Crippen molar-refractivity contribution < 1.29 is 4.52 Å². The van der Waals surface area contributed by atoms with Gasteiger partial charge in [0.15, 0.2) is 0 Å². The van der Waals surface area contributed by atoms with Gasteiger partial charge in [0.1, 0.15) is 0 Å². The minimum atomic E-state index is 0. The summed E-state index contributed by atoms with van der Waals surface area (Å²) >= 11 is 1.61. The van der Waals surface area contributed by atoms with E-state index in [9.17, 15) is 0 Å². The monoisotopic (exact) mass is 273 g/mol. The van der Waals surface area contributed by atoms with E-state index >= 15 is 0 Å². The molecule has 1 atom stereocenters. The standard InChI is InChI=1S/C11H15N3OS.ClH/c1-3-6-12-8(2)11-13-10(14-15-11)9-5-4-7-16-9;/h4-5,7-8,12H,3,6H2,1-2H3;1H. The molecule has 0 radical (unpaired) electrons. The van der Waals surface area contributed by atoms with Crippen molar-refractivity contribution in [3.63, 3.8) is 0 Å². The summed E-state index contributed by atoms with van der Waals surface area (Å²) in [6.07, 6.45) is 1.09. The summed E-state index contributed by atoms with van der Waals surface area (Å²) in [5, 5.41) is 9.29. The van der Waals surface area contributed by atoms with E-state index in [1.165, 1.54) is 0 Å². The molecule has 0 bridgehead atoms. The van der Waals surface area contributed by atoms with Crippen molar-refractivity contribution >= 4 is 23.7 Å². The number of halogens is 1. The van der Waals surface area contributed by atoms with Gasteiger partial charge in [0.2, 0.25) is 11.7 Å². The van der Waals surface area contributed by atoms with Crippen LogP contribution in [0.5, 0.6) is 0 Å². The number of aromatic nitrogens is 2. The molecule has 0 saturated heterocycles. The van der Waals surface area contributed by atoms with Crippen molar-refractivity contribution in [3.05, 3.63) is 23.4 Å². The molecule has 0 saturated carbocycles. The molecule has 4 nitrogen and oxygen atoms in total. The Balaban J connectivity index is 0.00000144. The minimum absolute atomic E-state index is 0. The molecule has 2 aromatic rings. The van der Waals surface area contributed by atoms with Gasteiger partial charge in [0.05, 0.1) is 10.9 Å². The molecule has 0 aromatic carbocycles. The SMILES string of the molecule is CCCNC(C)c1nc(-c2cccs2)no1.Cl. The van der Waals surface area contributed by atoms with E-state index in [-0.39, 0.29) is 18.4 Å². The highest BCUT2D eigenvalue weighted by Gasteiger charge is 2.14. The second-order valence-corrected chi connectivity index (χ2v) is 4.56. The van der Waals surface area contributed by atoms with Crippen LogP contribution in [-0.2, 0) is 0 Å². The first-order valence-electron chi connectivity index (χ1n) is 5.42. The number of rotatable bonds is 5. The van der Waals surface area contributed by atoms with Gasteiger partial charge in [-0.3, -0.25) is 0 Å². The highest BCUT2D eigenvalue weighted by Crippen LogP contribution is 2.22. The smallest absolute Gasteiger partial charge is 0.243 e. The first-order chi connectivity index (χ1) is 7.81. The van der Waals surface area contributed by atoms with Crippen molar-refractivity contribution in [3.8, 4) is 10.7 Å². The summed E-state index contributed by atoms with van der Waals surface area (Å²) in [4.78, 5) is 5.42. The Morgan fingerprint density at radius 2 is 2.35 bits per heavy atom. The lowest BCUT2D eigenvalue weighted by Crippen LogP contribution is -2.19. The Bertz CT molecular complexity index is 430. The molecule has 2 heterocycles. The lowest BCUT2D eigenvalue weighted by Gasteiger charge is -2.06. The van der Waals surface area contributed by atoms with E-state index < -0.39 is 0 Å². The van der Waals surface area contributed by atoms with Crippen molar-refractivity contribution in [1.82, 2.24) is 15.5 Å². The van der Waals surface area contributed by atoms with Gasteiger partial charge in [-0.25, -0.2) is 0 Å². The van der Waals surface area contributed by atoms with Crippen molar-refractivity contribution in [2.75, 3.05) is 6.54 Å². The van der Waals surface area contributed by atoms with Crippen LogP contribution in [0, 0.1) is 0 Å². The van der Waals surface area contributed by atoms with Crippen LogP contribution in [0.4, 0.5) is 0 Å². The first kappa shape index (κ1) is 14.2. The van der Waals surface area contributed by atoms with E-state index in [0.29, 0.717) is 11.7 Å². The Morgan fingerprint density at radius 1 is 1.53 bits per heavy atom. The molecule has 0 fully saturated rings. The van der Waals surface area contributed by atoms with E-state index in [2.05, 4.69) is 22.4 Å². The van der Waals surface area contributed by atoms with E-state index in [1.807, 2.05) is 24.4 Å². The maximum atomic E-state index is 5.23. The van der Waals surface area contributed by atoms with Crippen LogP contribution in [0.1, 0.15) is 32.2 Å². The Kier molecular flexibility index (Phi) is 5.61. The van der Waals surface area contributed by atoms with Gasteiger partial charge >= 0.3 is 0 Å². The summed E-state index contributed by atoms with van der Waals surface area (Å²) in [7, 11) is 0. The second-order valence-electron chi connectivity index (χ2n) is 3.61. The molecule has 1 N–H and O–H groups in total. The molecule has 2 aromatic heterocycles. The van der Waals surface area contributed by atoms with Gasteiger partial charge in [0.25, 0.3) is 0 Å². The van der Waals surface area contributed by atoms with E-state index in [4.69, 9.17) is 4.52 Å². The van der Waals surface area contributed by atoms with Gasteiger partial charge < -0.3 is 9.84 Å². The molecule has 0 aliphatic heterocycles. The number of hydrogen-bond donors (Lipinski definition) is 1. The third-order valence-corrected chi connectivity index (χ3v) is 3.12. The molecular formula is C11H16ClN3OS. The minimum Gasteiger partial charge on any atom is -0.337 e. The number of nitrogens with zero attached hydrogens (tertiary/aromatic N) is 2. The second kappa shape index (κ2) is 6.74. The van der Waals surface area contributed by atoms with Crippen LogP contribution in [0.2, 0.25) is 0 Å². The molecule has 0 aliphatic carbocycles. The lowest BCUT2D eigenvalue weighted by molar-refractivity contribution is 0.340. The number of nitrogens with one attached hydrogen (secondary N) is 1. The predicted molar refractivity (Wildman–Crippen MR) is 71.6 cm³/mol. The van der Waals surface area contributed by atoms with Crippen LogP contribution in [0.3, 0.4) is 0 Å². The zero-order valence-corrected chi connectivity index (χ0v) is 11.5. The highest BCUT2D eigenvalue weighted by atomic mass is 35.5. The average Bonchev–Trinajstić information content (AvgIpc) is 2.94. The third-order valence-electron chi connectivity index (χ3n) is 2.25. The average molecular weight is 274 g/mol. The molecule has 0 aliphatic rings. The van der Waals surface area contributed by atoms with Gasteiger partial charge in [-0.05, 0) is 31.3 Å².